The first-order chi connectivity index (χ1) is 10.4. The number of rotatable bonds is 3. The van der Waals surface area contributed by atoms with Crippen molar-refractivity contribution in [3.8, 4) is 22.9 Å². The Labute approximate surface area is 131 Å². The van der Waals surface area contributed by atoms with Crippen molar-refractivity contribution in [3.05, 3.63) is 53.6 Å². The van der Waals surface area contributed by atoms with E-state index in [0.29, 0.717) is 16.1 Å². The van der Waals surface area contributed by atoms with Gasteiger partial charge in [-0.1, -0.05) is 23.7 Å². The van der Waals surface area contributed by atoms with Crippen molar-refractivity contribution in [1.29, 1.82) is 0 Å². The third kappa shape index (κ3) is 2.87. The zero-order valence-corrected chi connectivity index (χ0v) is 12.7. The second-order valence-electron chi connectivity index (χ2n) is 4.46. The highest BCUT2D eigenvalue weighted by Crippen LogP contribution is 2.29. The fraction of sp³-hybridized carbons (Fsp3) is 0. The van der Waals surface area contributed by atoms with E-state index in [-0.39, 0.29) is 16.7 Å². The number of nitrogens with zero attached hydrogens (tertiary/aromatic N) is 2. The van der Waals surface area contributed by atoms with Crippen LogP contribution in [-0.4, -0.2) is 18.6 Å². The Kier molecular flexibility index (Phi) is 3.69. The van der Waals surface area contributed by atoms with Crippen molar-refractivity contribution in [2.45, 2.75) is 4.90 Å². The summed E-state index contributed by atoms with van der Waals surface area (Å²) in [5.41, 5.74) is 1.21. The molecule has 0 aliphatic heterocycles. The second kappa shape index (κ2) is 5.53. The number of sulfonamides is 1. The summed E-state index contributed by atoms with van der Waals surface area (Å²) in [5.74, 6) is 0.548. The van der Waals surface area contributed by atoms with E-state index >= 15 is 0 Å². The molecule has 0 unspecified atom stereocenters. The second-order valence-corrected chi connectivity index (χ2v) is 6.43. The van der Waals surface area contributed by atoms with Gasteiger partial charge < -0.3 is 4.42 Å². The lowest BCUT2D eigenvalue weighted by Crippen LogP contribution is -2.11. The zero-order chi connectivity index (χ0) is 15.7. The normalized spacial score (nSPS) is 11.5. The molecule has 1 heterocycles. The summed E-state index contributed by atoms with van der Waals surface area (Å²) < 4.78 is 28.0. The minimum absolute atomic E-state index is 0.0158. The predicted molar refractivity (Wildman–Crippen MR) is 81.6 cm³/mol. The van der Waals surface area contributed by atoms with E-state index < -0.39 is 10.0 Å². The molecule has 2 aromatic carbocycles. The number of aromatic nitrogens is 2. The van der Waals surface area contributed by atoms with Crippen molar-refractivity contribution in [3.63, 3.8) is 0 Å². The summed E-state index contributed by atoms with van der Waals surface area (Å²) in [7, 11) is -3.73. The van der Waals surface area contributed by atoms with Crippen LogP contribution in [0.3, 0.4) is 0 Å². The molecule has 0 bridgehead atoms. The molecule has 6 nitrogen and oxygen atoms in total. The number of halogens is 1. The Bertz CT molecular complexity index is 921. The van der Waals surface area contributed by atoms with Crippen LogP contribution >= 0.6 is 11.6 Å². The van der Waals surface area contributed by atoms with Gasteiger partial charge in [0.05, 0.1) is 15.5 Å². The van der Waals surface area contributed by atoms with Crippen LogP contribution in [0.25, 0.3) is 22.9 Å². The van der Waals surface area contributed by atoms with Crippen LogP contribution in [0.2, 0.25) is 5.02 Å². The van der Waals surface area contributed by atoms with Crippen LogP contribution < -0.4 is 5.14 Å². The Hall–Kier alpha value is -2.22. The van der Waals surface area contributed by atoms with E-state index in [1.54, 1.807) is 30.3 Å². The van der Waals surface area contributed by atoms with Gasteiger partial charge in [0.15, 0.2) is 0 Å². The molecule has 2 N–H and O–H groups in total. The first kappa shape index (κ1) is 14.7. The molecule has 3 aromatic rings. The number of nitrogens with two attached hydrogens (primary N) is 1. The van der Waals surface area contributed by atoms with E-state index in [1.165, 1.54) is 12.1 Å². The maximum Gasteiger partial charge on any atom is 0.249 e. The van der Waals surface area contributed by atoms with Crippen molar-refractivity contribution in [2.75, 3.05) is 0 Å². The molecule has 22 heavy (non-hydrogen) atoms. The summed E-state index contributed by atoms with van der Waals surface area (Å²) in [5, 5.41) is 13.4. The van der Waals surface area contributed by atoms with Crippen LogP contribution in [0.5, 0.6) is 0 Å². The Balaban J connectivity index is 1.96. The molecule has 0 amide bonds. The maximum absolute atomic E-state index is 11.2. The van der Waals surface area contributed by atoms with Gasteiger partial charge >= 0.3 is 0 Å². The maximum atomic E-state index is 11.2. The quantitative estimate of drug-likeness (QED) is 0.793. The van der Waals surface area contributed by atoms with Gasteiger partial charge in [0.25, 0.3) is 0 Å². The van der Waals surface area contributed by atoms with Crippen molar-refractivity contribution in [1.82, 2.24) is 10.2 Å². The summed E-state index contributed by atoms with van der Waals surface area (Å²) in [6.07, 6.45) is 0. The van der Waals surface area contributed by atoms with Crippen LogP contribution in [0.4, 0.5) is 0 Å². The molecule has 0 aliphatic carbocycles. The Morgan fingerprint density at radius 2 is 1.59 bits per heavy atom. The standard InChI is InChI=1S/C14H10ClN3O3S/c15-12-4-2-1-3-11(12)14-18-17-13(21-14)9-5-7-10(8-6-9)22(16,19)20/h1-8H,(H2,16,19,20). The smallest absolute Gasteiger partial charge is 0.249 e. The van der Waals surface area contributed by atoms with Crippen LogP contribution in [0.1, 0.15) is 0 Å². The minimum atomic E-state index is -3.73. The molecule has 0 radical (unpaired) electrons. The molecule has 112 valence electrons. The van der Waals surface area contributed by atoms with Gasteiger partial charge in [0, 0.05) is 5.56 Å². The van der Waals surface area contributed by atoms with E-state index in [1.807, 2.05) is 6.07 Å². The number of hydrogen-bond acceptors (Lipinski definition) is 5. The molecular formula is C14H10ClN3O3S. The number of benzene rings is 2. The third-order valence-electron chi connectivity index (χ3n) is 2.96. The fourth-order valence-corrected chi connectivity index (χ4v) is 2.60. The van der Waals surface area contributed by atoms with Crippen LogP contribution in [0, 0.1) is 0 Å². The van der Waals surface area contributed by atoms with Gasteiger partial charge in [-0.25, -0.2) is 13.6 Å². The van der Waals surface area contributed by atoms with Crippen molar-refractivity contribution >= 4 is 21.6 Å². The monoisotopic (exact) mass is 335 g/mol. The molecule has 0 aliphatic rings. The molecular weight excluding hydrogens is 326 g/mol. The van der Waals surface area contributed by atoms with Crippen LogP contribution in [-0.2, 0) is 10.0 Å². The van der Waals surface area contributed by atoms with Crippen LogP contribution in [0.15, 0.2) is 57.8 Å². The van der Waals surface area contributed by atoms with E-state index in [9.17, 15) is 8.42 Å². The average Bonchev–Trinajstić information content (AvgIpc) is 2.96. The third-order valence-corrected chi connectivity index (χ3v) is 4.22. The molecule has 1 aromatic heterocycles. The topological polar surface area (TPSA) is 99.1 Å². The lowest BCUT2D eigenvalue weighted by atomic mass is 10.2. The lowest BCUT2D eigenvalue weighted by molar-refractivity contribution is 0.584. The number of hydrogen-bond donors (Lipinski definition) is 1. The molecule has 0 spiro atoms. The summed E-state index contributed by atoms with van der Waals surface area (Å²) in [4.78, 5) is 0.0158. The molecule has 0 saturated carbocycles. The summed E-state index contributed by atoms with van der Waals surface area (Å²) in [6.45, 7) is 0. The Morgan fingerprint density at radius 3 is 2.23 bits per heavy atom. The van der Waals surface area contributed by atoms with E-state index in [4.69, 9.17) is 21.2 Å². The number of primary sulfonamides is 1. The predicted octanol–water partition coefficient (Wildman–Crippen LogP) is 2.70. The summed E-state index contributed by atoms with van der Waals surface area (Å²) in [6, 6.07) is 13.0. The summed E-state index contributed by atoms with van der Waals surface area (Å²) >= 11 is 6.08. The van der Waals surface area contributed by atoms with Gasteiger partial charge in [-0.15, -0.1) is 10.2 Å². The molecule has 0 atom stereocenters. The first-order valence-corrected chi connectivity index (χ1v) is 8.09. The van der Waals surface area contributed by atoms with Gasteiger partial charge in [-0.05, 0) is 36.4 Å². The van der Waals surface area contributed by atoms with Gasteiger partial charge in [-0.2, -0.15) is 0 Å². The van der Waals surface area contributed by atoms with Crippen molar-refractivity contribution in [2.24, 2.45) is 5.14 Å². The highest BCUT2D eigenvalue weighted by molar-refractivity contribution is 7.89. The first-order valence-electron chi connectivity index (χ1n) is 6.17. The van der Waals surface area contributed by atoms with E-state index in [0.717, 1.165) is 0 Å². The van der Waals surface area contributed by atoms with Gasteiger partial charge in [0.1, 0.15) is 0 Å². The fourth-order valence-electron chi connectivity index (χ4n) is 1.87. The Morgan fingerprint density at radius 1 is 0.955 bits per heavy atom. The zero-order valence-electron chi connectivity index (χ0n) is 11.1. The molecule has 0 saturated heterocycles. The van der Waals surface area contributed by atoms with Crippen molar-refractivity contribution < 1.29 is 12.8 Å². The highest BCUT2D eigenvalue weighted by atomic mass is 35.5. The average molecular weight is 336 g/mol. The molecule has 0 fully saturated rings. The lowest BCUT2D eigenvalue weighted by Gasteiger charge is -1.99. The molecule has 3 rings (SSSR count). The van der Waals surface area contributed by atoms with Gasteiger partial charge in [0.2, 0.25) is 21.8 Å². The van der Waals surface area contributed by atoms with E-state index in [2.05, 4.69) is 10.2 Å². The largest absolute Gasteiger partial charge is 0.416 e. The molecule has 8 heteroatoms. The SMILES string of the molecule is NS(=O)(=O)c1ccc(-c2nnc(-c3ccccc3Cl)o2)cc1. The highest BCUT2D eigenvalue weighted by Gasteiger charge is 2.14. The van der Waals surface area contributed by atoms with Gasteiger partial charge in [-0.3, -0.25) is 0 Å². The minimum Gasteiger partial charge on any atom is -0.416 e.